The maximum atomic E-state index is 3.58. The fraction of sp³-hybridized carbons (Fsp3) is 0.400. The molecule has 2 aromatic rings. The van der Waals surface area contributed by atoms with Crippen LogP contribution >= 0.6 is 0 Å². The highest BCUT2D eigenvalue weighted by atomic mass is 14.9. The molecule has 0 aromatic heterocycles. The monoisotopic (exact) mass is 279 g/mol. The molecule has 0 heterocycles. The first kappa shape index (κ1) is 14.3. The first-order chi connectivity index (χ1) is 10.3. The Morgan fingerprint density at radius 3 is 2.33 bits per heavy atom. The number of benzene rings is 2. The minimum absolute atomic E-state index is 0.774. The molecule has 1 fully saturated rings. The molecule has 3 rings (SSSR count). The Morgan fingerprint density at radius 1 is 1.00 bits per heavy atom. The second-order valence-electron chi connectivity index (χ2n) is 6.25. The van der Waals surface area contributed by atoms with Crippen molar-refractivity contribution in [2.45, 2.75) is 52.1 Å². The zero-order valence-electron chi connectivity index (χ0n) is 13.2. The van der Waals surface area contributed by atoms with Gasteiger partial charge in [-0.15, -0.1) is 0 Å². The predicted molar refractivity (Wildman–Crippen MR) is 90.5 cm³/mol. The second-order valence-corrected chi connectivity index (χ2v) is 6.25. The summed E-state index contributed by atoms with van der Waals surface area (Å²) >= 11 is 0. The van der Waals surface area contributed by atoms with Gasteiger partial charge in [-0.25, -0.2) is 0 Å². The zero-order valence-corrected chi connectivity index (χ0v) is 13.2. The molecule has 21 heavy (non-hydrogen) atoms. The zero-order chi connectivity index (χ0) is 14.7. The molecule has 1 N–H and O–H groups in total. The van der Waals surface area contributed by atoms with Crippen LogP contribution in [-0.2, 0) is 13.0 Å². The van der Waals surface area contributed by atoms with Gasteiger partial charge in [0.2, 0.25) is 0 Å². The highest BCUT2D eigenvalue weighted by Gasteiger charge is 2.19. The van der Waals surface area contributed by atoms with Crippen molar-refractivity contribution < 1.29 is 0 Å². The van der Waals surface area contributed by atoms with Crippen LogP contribution in [-0.4, -0.2) is 6.04 Å². The normalized spacial score (nSPS) is 14.4. The fourth-order valence-corrected chi connectivity index (χ4v) is 2.85. The van der Waals surface area contributed by atoms with E-state index in [-0.39, 0.29) is 0 Å². The summed E-state index contributed by atoms with van der Waals surface area (Å²) in [4.78, 5) is 0. The Bertz CT molecular complexity index is 594. The topological polar surface area (TPSA) is 12.0 Å². The summed E-state index contributed by atoms with van der Waals surface area (Å²) in [6.45, 7) is 5.45. The number of hydrogen-bond donors (Lipinski definition) is 1. The maximum absolute atomic E-state index is 3.58. The van der Waals surface area contributed by atoms with E-state index < -0.39 is 0 Å². The minimum Gasteiger partial charge on any atom is -0.310 e. The Labute approximate surface area is 128 Å². The Kier molecular flexibility index (Phi) is 4.40. The molecule has 1 aliphatic rings. The molecular weight excluding hydrogens is 254 g/mol. The van der Waals surface area contributed by atoms with Gasteiger partial charge in [0.05, 0.1) is 0 Å². The molecule has 1 aliphatic carbocycles. The molecule has 0 unspecified atom stereocenters. The van der Waals surface area contributed by atoms with Gasteiger partial charge in [-0.2, -0.15) is 0 Å². The van der Waals surface area contributed by atoms with Gasteiger partial charge in [0.25, 0.3) is 0 Å². The molecule has 2 aromatic carbocycles. The van der Waals surface area contributed by atoms with Crippen molar-refractivity contribution in [3.63, 3.8) is 0 Å². The van der Waals surface area contributed by atoms with E-state index in [9.17, 15) is 0 Å². The van der Waals surface area contributed by atoms with E-state index in [4.69, 9.17) is 0 Å². The molecule has 0 radical (unpaired) electrons. The van der Waals surface area contributed by atoms with Crippen molar-refractivity contribution in [3.05, 3.63) is 59.2 Å². The van der Waals surface area contributed by atoms with Crippen LogP contribution in [0.1, 0.15) is 42.9 Å². The highest BCUT2D eigenvalue weighted by Crippen LogP contribution is 2.25. The van der Waals surface area contributed by atoms with Crippen LogP contribution in [0.2, 0.25) is 0 Å². The summed E-state index contributed by atoms with van der Waals surface area (Å²) in [6, 6.07) is 16.7. The second kappa shape index (κ2) is 6.44. The molecule has 0 atom stereocenters. The predicted octanol–water partition coefficient (Wildman–Crippen LogP) is 4.87. The Balaban J connectivity index is 1.74. The van der Waals surface area contributed by atoms with Crippen molar-refractivity contribution >= 4 is 0 Å². The van der Waals surface area contributed by atoms with Crippen LogP contribution in [0.3, 0.4) is 0 Å². The smallest absolute Gasteiger partial charge is 0.0208 e. The van der Waals surface area contributed by atoms with Gasteiger partial charge in [0.1, 0.15) is 0 Å². The molecule has 0 aliphatic heterocycles. The molecular formula is C20H25N. The van der Waals surface area contributed by atoms with Crippen LogP contribution < -0.4 is 5.32 Å². The van der Waals surface area contributed by atoms with E-state index in [0.717, 1.165) is 12.6 Å². The van der Waals surface area contributed by atoms with E-state index in [2.05, 4.69) is 61.6 Å². The van der Waals surface area contributed by atoms with Crippen molar-refractivity contribution in [1.82, 2.24) is 5.32 Å². The lowest BCUT2D eigenvalue weighted by Crippen LogP contribution is -2.15. The standard InChI is InChI=1S/C20H25N/c1-3-4-16-5-8-18(9-6-16)20-12-7-17(13-15(20)2)14-21-19-10-11-19/h5-9,12-13,19,21H,3-4,10-11,14H2,1-2H3. The van der Waals surface area contributed by atoms with Gasteiger partial charge in [0.15, 0.2) is 0 Å². The number of hydrogen-bond acceptors (Lipinski definition) is 1. The quantitative estimate of drug-likeness (QED) is 0.795. The molecule has 1 heteroatoms. The summed E-state index contributed by atoms with van der Waals surface area (Å²) in [6.07, 6.45) is 5.08. The Morgan fingerprint density at radius 2 is 1.71 bits per heavy atom. The number of aryl methyl sites for hydroxylation is 2. The largest absolute Gasteiger partial charge is 0.310 e. The molecule has 0 amide bonds. The average molecular weight is 279 g/mol. The van der Waals surface area contributed by atoms with Crippen molar-refractivity contribution in [1.29, 1.82) is 0 Å². The molecule has 1 saturated carbocycles. The first-order valence-electron chi connectivity index (χ1n) is 8.18. The summed E-state index contributed by atoms with van der Waals surface area (Å²) in [7, 11) is 0. The van der Waals surface area contributed by atoms with E-state index in [1.165, 1.54) is 53.5 Å². The van der Waals surface area contributed by atoms with Gasteiger partial charge < -0.3 is 5.32 Å². The van der Waals surface area contributed by atoms with E-state index in [1.54, 1.807) is 0 Å². The summed E-state index contributed by atoms with van der Waals surface area (Å²) < 4.78 is 0. The van der Waals surface area contributed by atoms with Gasteiger partial charge >= 0.3 is 0 Å². The third-order valence-corrected chi connectivity index (χ3v) is 4.27. The van der Waals surface area contributed by atoms with E-state index in [1.807, 2.05) is 0 Å². The number of rotatable bonds is 6. The van der Waals surface area contributed by atoms with Crippen LogP contribution in [0.5, 0.6) is 0 Å². The van der Waals surface area contributed by atoms with Crippen LogP contribution in [0.4, 0.5) is 0 Å². The molecule has 0 spiro atoms. The Hall–Kier alpha value is -1.60. The minimum atomic E-state index is 0.774. The third-order valence-electron chi connectivity index (χ3n) is 4.27. The lowest BCUT2D eigenvalue weighted by atomic mass is 9.97. The molecule has 0 bridgehead atoms. The maximum Gasteiger partial charge on any atom is 0.0208 e. The molecule has 110 valence electrons. The van der Waals surface area contributed by atoms with Gasteiger partial charge in [-0.05, 0) is 54.0 Å². The van der Waals surface area contributed by atoms with Crippen LogP contribution in [0.15, 0.2) is 42.5 Å². The lowest BCUT2D eigenvalue weighted by Gasteiger charge is -2.10. The SMILES string of the molecule is CCCc1ccc(-c2ccc(CNC3CC3)cc2C)cc1. The summed E-state index contributed by atoms with van der Waals surface area (Å²) in [5.74, 6) is 0. The van der Waals surface area contributed by atoms with Gasteiger partial charge in [0, 0.05) is 12.6 Å². The molecule has 1 nitrogen and oxygen atoms in total. The van der Waals surface area contributed by atoms with Crippen LogP contribution in [0, 0.1) is 6.92 Å². The van der Waals surface area contributed by atoms with Crippen molar-refractivity contribution in [3.8, 4) is 11.1 Å². The van der Waals surface area contributed by atoms with E-state index >= 15 is 0 Å². The third kappa shape index (κ3) is 3.74. The molecule has 0 saturated heterocycles. The van der Waals surface area contributed by atoms with Gasteiger partial charge in [-0.1, -0.05) is 55.8 Å². The average Bonchev–Trinajstić information content (AvgIpc) is 3.31. The summed E-state index contributed by atoms with van der Waals surface area (Å²) in [5, 5.41) is 3.58. The highest BCUT2D eigenvalue weighted by molar-refractivity contribution is 5.67. The van der Waals surface area contributed by atoms with E-state index in [0.29, 0.717) is 0 Å². The van der Waals surface area contributed by atoms with Crippen molar-refractivity contribution in [2.24, 2.45) is 0 Å². The summed E-state index contributed by atoms with van der Waals surface area (Å²) in [5.41, 5.74) is 6.88. The first-order valence-corrected chi connectivity index (χ1v) is 8.18. The van der Waals surface area contributed by atoms with Crippen LogP contribution in [0.25, 0.3) is 11.1 Å². The number of nitrogens with one attached hydrogen (secondary N) is 1. The fourth-order valence-electron chi connectivity index (χ4n) is 2.85. The lowest BCUT2D eigenvalue weighted by molar-refractivity contribution is 0.687. The van der Waals surface area contributed by atoms with Crippen molar-refractivity contribution in [2.75, 3.05) is 0 Å². The van der Waals surface area contributed by atoms with Gasteiger partial charge in [-0.3, -0.25) is 0 Å².